The van der Waals surface area contributed by atoms with Gasteiger partial charge in [0, 0.05) is 5.75 Å². The van der Waals surface area contributed by atoms with Gasteiger partial charge in [-0.25, -0.2) is 0 Å². The van der Waals surface area contributed by atoms with Gasteiger partial charge in [0.2, 0.25) is 0 Å². The maximum absolute atomic E-state index is 11.9. The number of ether oxygens (including phenoxy) is 1. The first-order valence-corrected chi connectivity index (χ1v) is 6.81. The molecule has 1 heterocycles. The molecule has 0 aliphatic carbocycles. The van der Waals surface area contributed by atoms with E-state index in [1.54, 1.807) is 11.8 Å². The van der Waals surface area contributed by atoms with Crippen molar-refractivity contribution in [2.24, 2.45) is 5.92 Å². The fraction of sp³-hybridized carbons (Fsp3) is 0.357. The summed E-state index contributed by atoms with van der Waals surface area (Å²) < 4.78 is 5.34. The molecule has 0 bridgehead atoms. The van der Waals surface area contributed by atoms with Crippen molar-refractivity contribution < 1.29 is 9.53 Å². The van der Waals surface area contributed by atoms with Crippen LogP contribution in [0.25, 0.3) is 0 Å². The van der Waals surface area contributed by atoms with Crippen molar-refractivity contribution >= 4 is 17.7 Å². The summed E-state index contributed by atoms with van der Waals surface area (Å²) in [5.74, 6) is 1.06. The molecule has 1 aromatic rings. The summed E-state index contributed by atoms with van der Waals surface area (Å²) in [7, 11) is 0. The average molecular weight is 248 g/mol. The third-order valence-corrected chi connectivity index (χ3v) is 4.11. The molecule has 2 rings (SSSR count). The maximum atomic E-state index is 11.9. The Bertz CT molecular complexity index is 400. The first-order chi connectivity index (χ1) is 8.27. The van der Waals surface area contributed by atoms with Gasteiger partial charge in [-0.3, -0.25) is 4.79 Å². The predicted molar refractivity (Wildman–Crippen MR) is 70.8 cm³/mol. The van der Waals surface area contributed by atoms with Crippen LogP contribution in [0.2, 0.25) is 0 Å². The Morgan fingerprint density at radius 3 is 2.88 bits per heavy atom. The lowest BCUT2D eigenvalue weighted by atomic mass is 10.1. The molecule has 1 aliphatic heterocycles. The lowest BCUT2D eigenvalue weighted by Gasteiger charge is -2.22. The van der Waals surface area contributed by atoms with E-state index < -0.39 is 0 Å². The predicted octanol–water partition coefficient (Wildman–Crippen LogP) is 3.04. The molecule has 0 radical (unpaired) electrons. The minimum Gasteiger partial charge on any atom is -0.460 e. The lowest BCUT2D eigenvalue weighted by Crippen LogP contribution is -2.28. The molecule has 2 nitrogen and oxygen atoms in total. The fourth-order valence-corrected chi connectivity index (χ4v) is 2.80. The summed E-state index contributed by atoms with van der Waals surface area (Å²) in [5, 5.41) is -0.0521. The molecule has 0 aromatic heterocycles. The summed E-state index contributed by atoms with van der Waals surface area (Å²) in [6.45, 7) is 2.42. The normalized spacial score (nSPS) is 23.4. The van der Waals surface area contributed by atoms with Crippen LogP contribution in [-0.2, 0) is 16.1 Å². The molecule has 0 N–H and O–H groups in total. The van der Waals surface area contributed by atoms with Gasteiger partial charge >= 0.3 is 5.97 Å². The molecular formula is C14H16O2S. The monoisotopic (exact) mass is 248 g/mol. The molecule has 0 saturated heterocycles. The summed E-state index contributed by atoms with van der Waals surface area (Å²) in [6.07, 6.45) is 4.20. The zero-order valence-corrected chi connectivity index (χ0v) is 10.7. The maximum Gasteiger partial charge on any atom is 0.319 e. The SMILES string of the molecule is CC1C=CCSC1C(=O)OCc1ccccc1. The molecule has 0 saturated carbocycles. The first kappa shape index (κ1) is 12.2. The third kappa shape index (κ3) is 3.37. The van der Waals surface area contributed by atoms with Crippen LogP contribution in [0.1, 0.15) is 12.5 Å². The lowest BCUT2D eigenvalue weighted by molar-refractivity contribution is -0.144. The number of carbonyl (C=O) groups is 1. The quantitative estimate of drug-likeness (QED) is 0.607. The molecule has 0 amide bonds. The van der Waals surface area contributed by atoms with Crippen molar-refractivity contribution in [1.29, 1.82) is 0 Å². The van der Waals surface area contributed by atoms with Crippen molar-refractivity contribution in [2.75, 3.05) is 5.75 Å². The second-order valence-corrected chi connectivity index (χ2v) is 5.31. The Balaban J connectivity index is 1.87. The topological polar surface area (TPSA) is 26.3 Å². The van der Waals surface area contributed by atoms with Gasteiger partial charge in [0.1, 0.15) is 11.9 Å². The van der Waals surface area contributed by atoms with Gasteiger partial charge in [0.15, 0.2) is 0 Å². The van der Waals surface area contributed by atoms with Crippen LogP contribution in [0.5, 0.6) is 0 Å². The highest BCUT2D eigenvalue weighted by Crippen LogP contribution is 2.26. The van der Waals surface area contributed by atoms with Gasteiger partial charge in [-0.05, 0) is 11.5 Å². The van der Waals surface area contributed by atoms with Crippen molar-refractivity contribution in [1.82, 2.24) is 0 Å². The smallest absolute Gasteiger partial charge is 0.319 e. The van der Waals surface area contributed by atoms with Crippen LogP contribution >= 0.6 is 11.8 Å². The molecule has 0 fully saturated rings. The van der Waals surface area contributed by atoms with Crippen LogP contribution in [-0.4, -0.2) is 17.0 Å². The van der Waals surface area contributed by atoms with Crippen LogP contribution in [0.3, 0.4) is 0 Å². The largest absolute Gasteiger partial charge is 0.460 e. The number of carbonyl (C=O) groups excluding carboxylic acids is 1. The highest BCUT2D eigenvalue weighted by atomic mass is 32.2. The summed E-state index contributed by atoms with van der Waals surface area (Å²) in [4.78, 5) is 11.9. The van der Waals surface area contributed by atoms with Gasteiger partial charge in [0.05, 0.1) is 0 Å². The molecule has 17 heavy (non-hydrogen) atoms. The molecular weight excluding hydrogens is 232 g/mol. The van der Waals surface area contributed by atoms with Gasteiger partial charge in [0.25, 0.3) is 0 Å². The van der Waals surface area contributed by atoms with Crippen LogP contribution in [0.4, 0.5) is 0 Å². The Morgan fingerprint density at radius 2 is 2.18 bits per heavy atom. The second kappa shape index (κ2) is 5.92. The average Bonchev–Trinajstić information content (AvgIpc) is 2.38. The van der Waals surface area contributed by atoms with E-state index in [0.29, 0.717) is 6.61 Å². The zero-order valence-electron chi connectivity index (χ0n) is 9.84. The van der Waals surface area contributed by atoms with Gasteiger partial charge < -0.3 is 4.74 Å². The summed E-state index contributed by atoms with van der Waals surface area (Å²) >= 11 is 1.65. The second-order valence-electron chi connectivity index (χ2n) is 4.13. The van der Waals surface area contributed by atoms with Crippen molar-refractivity contribution in [3.8, 4) is 0 Å². The third-order valence-electron chi connectivity index (χ3n) is 2.75. The zero-order chi connectivity index (χ0) is 12.1. The van der Waals surface area contributed by atoms with E-state index in [4.69, 9.17) is 4.74 Å². The first-order valence-electron chi connectivity index (χ1n) is 5.76. The molecule has 0 spiro atoms. The van der Waals surface area contributed by atoms with Gasteiger partial charge in [-0.1, -0.05) is 49.4 Å². The standard InChI is InChI=1S/C14H16O2S/c1-11-6-5-9-17-13(11)14(15)16-10-12-7-3-2-4-8-12/h2-8,11,13H,9-10H2,1H3. The van der Waals surface area contributed by atoms with Crippen molar-refractivity contribution in [3.05, 3.63) is 48.0 Å². The number of rotatable bonds is 3. The Hall–Kier alpha value is -1.22. The number of benzene rings is 1. The van der Waals surface area contributed by atoms with Crippen LogP contribution in [0, 0.1) is 5.92 Å². The highest BCUT2D eigenvalue weighted by molar-refractivity contribution is 8.00. The minimum atomic E-state index is -0.101. The van der Waals surface area contributed by atoms with E-state index >= 15 is 0 Å². The highest BCUT2D eigenvalue weighted by Gasteiger charge is 2.27. The Kier molecular flexibility index (Phi) is 4.26. The van der Waals surface area contributed by atoms with E-state index in [1.165, 1.54) is 0 Å². The van der Waals surface area contributed by atoms with E-state index in [9.17, 15) is 4.79 Å². The Morgan fingerprint density at radius 1 is 1.41 bits per heavy atom. The molecule has 90 valence electrons. The van der Waals surface area contributed by atoms with Crippen molar-refractivity contribution in [2.45, 2.75) is 18.8 Å². The number of hydrogen-bond donors (Lipinski definition) is 0. The van der Waals surface area contributed by atoms with E-state index in [1.807, 2.05) is 30.3 Å². The number of thioether (sulfide) groups is 1. The van der Waals surface area contributed by atoms with Crippen LogP contribution < -0.4 is 0 Å². The van der Waals surface area contributed by atoms with Crippen LogP contribution in [0.15, 0.2) is 42.5 Å². The molecule has 1 aliphatic rings. The molecule has 2 atom stereocenters. The Labute approximate surface area is 106 Å². The minimum absolute atomic E-state index is 0.0521. The van der Waals surface area contributed by atoms with Gasteiger partial charge in [-0.15, -0.1) is 11.8 Å². The van der Waals surface area contributed by atoms with E-state index in [0.717, 1.165) is 11.3 Å². The number of esters is 1. The molecule has 2 unspecified atom stereocenters. The number of allylic oxidation sites excluding steroid dienone is 1. The number of hydrogen-bond acceptors (Lipinski definition) is 3. The van der Waals surface area contributed by atoms with E-state index in [-0.39, 0.29) is 17.1 Å². The fourth-order valence-electron chi connectivity index (χ4n) is 1.78. The van der Waals surface area contributed by atoms with Gasteiger partial charge in [-0.2, -0.15) is 0 Å². The van der Waals surface area contributed by atoms with Crippen molar-refractivity contribution in [3.63, 3.8) is 0 Å². The summed E-state index contributed by atoms with van der Waals surface area (Å²) in [5.41, 5.74) is 1.03. The molecule has 3 heteroatoms. The summed E-state index contributed by atoms with van der Waals surface area (Å²) in [6, 6.07) is 9.78. The van der Waals surface area contributed by atoms with E-state index in [2.05, 4.69) is 19.1 Å². The molecule has 1 aromatic carbocycles.